The van der Waals surface area contributed by atoms with E-state index in [0.717, 1.165) is 5.56 Å². The van der Waals surface area contributed by atoms with Gasteiger partial charge in [-0.05, 0) is 31.7 Å². The van der Waals surface area contributed by atoms with E-state index >= 15 is 0 Å². The van der Waals surface area contributed by atoms with Gasteiger partial charge in [-0.3, -0.25) is 0 Å². The third-order valence-electron chi connectivity index (χ3n) is 2.01. The summed E-state index contributed by atoms with van der Waals surface area (Å²) in [5.41, 5.74) is 1.59. The minimum Gasteiger partial charge on any atom is -0.462 e. The van der Waals surface area contributed by atoms with Crippen LogP contribution in [0.1, 0.15) is 42.1 Å². The van der Waals surface area contributed by atoms with Crippen molar-refractivity contribution in [2.24, 2.45) is 0 Å². The van der Waals surface area contributed by atoms with Crippen LogP contribution in [0.15, 0.2) is 24.3 Å². The average Bonchev–Trinajstić information content (AvgIpc) is 2.40. The first-order valence-electron chi connectivity index (χ1n) is 5.81. The SMILES string of the molecule is CC.CCOC(=O)c1ccc(C(S)NC)cc1. The Labute approximate surface area is 109 Å². The highest BCUT2D eigenvalue weighted by atomic mass is 32.1. The van der Waals surface area contributed by atoms with Crippen LogP contribution in [-0.2, 0) is 4.74 Å². The van der Waals surface area contributed by atoms with Gasteiger partial charge in [0.15, 0.2) is 0 Å². The van der Waals surface area contributed by atoms with Gasteiger partial charge in [-0.2, -0.15) is 12.6 Å². The monoisotopic (exact) mass is 255 g/mol. The summed E-state index contributed by atoms with van der Waals surface area (Å²) < 4.78 is 4.88. The molecule has 0 aromatic heterocycles. The number of rotatable bonds is 4. The van der Waals surface area contributed by atoms with Crippen molar-refractivity contribution in [1.29, 1.82) is 0 Å². The summed E-state index contributed by atoms with van der Waals surface area (Å²) >= 11 is 4.32. The van der Waals surface area contributed by atoms with Gasteiger partial charge in [-0.25, -0.2) is 4.79 Å². The van der Waals surface area contributed by atoms with Crippen LogP contribution in [0.5, 0.6) is 0 Å². The molecule has 4 heteroatoms. The Morgan fingerprint density at radius 2 is 1.88 bits per heavy atom. The fraction of sp³-hybridized carbons (Fsp3) is 0.462. The number of hydrogen-bond donors (Lipinski definition) is 2. The highest BCUT2D eigenvalue weighted by Gasteiger charge is 2.07. The number of esters is 1. The molecule has 1 atom stereocenters. The smallest absolute Gasteiger partial charge is 0.338 e. The summed E-state index contributed by atoms with van der Waals surface area (Å²) in [7, 11) is 1.83. The van der Waals surface area contributed by atoms with Crippen molar-refractivity contribution in [1.82, 2.24) is 5.32 Å². The van der Waals surface area contributed by atoms with Crippen molar-refractivity contribution in [3.05, 3.63) is 35.4 Å². The first kappa shape index (κ1) is 16.0. The predicted octanol–water partition coefficient (Wildman–Crippen LogP) is 3.04. The Bertz CT molecular complexity index is 325. The molecular weight excluding hydrogens is 234 g/mol. The molecule has 96 valence electrons. The van der Waals surface area contributed by atoms with Crippen LogP contribution < -0.4 is 5.32 Å². The van der Waals surface area contributed by atoms with Crippen LogP contribution in [0.2, 0.25) is 0 Å². The van der Waals surface area contributed by atoms with E-state index in [1.165, 1.54) is 0 Å². The topological polar surface area (TPSA) is 38.3 Å². The summed E-state index contributed by atoms with van der Waals surface area (Å²) in [5.74, 6) is -0.288. The minimum atomic E-state index is -0.288. The molecule has 0 aliphatic heterocycles. The largest absolute Gasteiger partial charge is 0.462 e. The van der Waals surface area contributed by atoms with E-state index in [-0.39, 0.29) is 11.3 Å². The second-order valence-electron chi connectivity index (χ2n) is 3.03. The quantitative estimate of drug-likeness (QED) is 0.493. The molecule has 0 spiro atoms. The number of carbonyl (C=O) groups excluding carboxylic acids is 1. The molecule has 0 amide bonds. The van der Waals surface area contributed by atoms with Crippen molar-refractivity contribution in [3.8, 4) is 0 Å². The molecule has 0 heterocycles. The zero-order valence-electron chi connectivity index (χ0n) is 10.9. The molecule has 17 heavy (non-hydrogen) atoms. The second kappa shape index (κ2) is 9.07. The van der Waals surface area contributed by atoms with E-state index in [2.05, 4.69) is 17.9 Å². The Morgan fingerprint density at radius 1 is 1.35 bits per heavy atom. The maximum Gasteiger partial charge on any atom is 0.338 e. The number of thiol groups is 1. The van der Waals surface area contributed by atoms with Gasteiger partial charge in [-0.1, -0.05) is 26.0 Å². The van der Waals surface area contributed by atoms with E-state index in [9.17, 15) is 4.79 Å². The van der Waals surface area contributed by atoms with E-state index in [1.807, 2.05) is 33.0 Å². The van der Waals surface area contributed by atoms with Crippen molar-refractivity contribution >= 4 is 18.6 Å². The van der Waals surface area contributed by atoms with Gasteiger partial charge in [-0.15, -0.1) is 0 Å². The number of nitrogens with one attached hydrogen (secondary N) is 1. The summed E-state index contributed by atoms with van der Waals surface area (Å²) in [6.07, 6.45) is 0. The summed E-state index contributed by atoms with van der Waals surface area (Å²) in [6.45, 7) is 6.18. The number of benzene rings is 1. The van der Waals surface area contributed by atoms with Gasteiger partial charge in [0.05, 0.1) is 17.5 Å². The average molecular weight is 255 g/mol. The molecule has 0 saturated carbocycles. The molecule has 0 aliphatic rings. The fourth-order valence-corrected chi connectivity index (χ4v) is 1.35. The fourth-order valence-electron chi connectivity index (χ4n) is 1.18. The second-order valence-corrected chi connectivity index (χ2v) is 3.55. The first-order valence-corrected chi connectivity index (χ1v) is 6.33. The van der Waals surface area contributed by atoms with Crippen LogP contribution in [0.25, 0.3) is 0 Å². The van der Waals surface area contributed by atoms with Crippen molar-refractivity contribution < 1.29 is 9.53 Å². The third kappa shape index (κ3) is 5.24. The van der Waals surface area contributed by atoms with Crippen molar-refractivity contribution in [3.63, 3.8) is 0 Å². The Balaban J connectivity index is 0.00000121. The Morgan fingerprint density at radius 3 is 2.29 bits per heavy atom. The Kier molecular flexibility index (Phi) is 8.54. The van der Waals surface area contributed by atoms with Gasteiger partial charge >= 0.3 is 5.97 Å². The molecule has 1 rings (SSSR count). The lowest BCUT2D eigenvalue weighted by molar-refractivity contribution is 0.0526. The van der Waals surface area contributed by atoms with Gasteiger partial charge < -0.3 is 10.1 Å². The molecule has 1 aromatic rings. The number of carbonyl (C=O) groups is 1. The van der Waals surface area contributed by atoms with E-state index in [4.69, 9.17) is 4.74 Å². The van der Waals surface area contributed by atoms with Crippen molar-refractivity contribution in [2.75, 3.05) is 13.7 Å². The van der Waals surface area contributed by atoms with Crippen LogP contribution in [-0.4, -0.2) is 19.6 Å². The molecule has 0 fully saturated rings. The summed E-state index contributed by atoms with van der Waals surface area (Å²) in [4.78, 5) is 11.3. The van der Waals surface area contributed by atoms with Gasteiger partial charge in [0.1, 0.15) is 0 Å². The van der Waals surface area contributed by atoms with Gasteiger partial charge in [0.2, 0.25) is 0 Å². The molecule has 1 aromatic carbocycles. The molecule has 0 radical (unpaired) electrons. The van der Waals surface area contributed by atoms with Crippen LogP contribution in [0.3, 0.4) is 0 Å². The van der Waals surface area contributed by atoms with E-state index in [1.54, 1.807) is 19.1 Å². The molecule has 1 N–H and O–H groups in total. The zero-order valence-corrected chi connectivity index (χ0v) is 11.8. The highest BCUT2D eigenvalue weighted by molar-refractivity contribution is 7.80. The molecule has 0 aliphatic carbocycles. The number of ether oxygens (including phenoxy) is 1. The Hall–Kier alpha value is -1.00. The van der Waals surface area contributed by atoms with Crippen LogP contribution >= 0.6 is 12.6 Å². The molecule has 3 nitrogen and oxygen atoms in total. The number of hydrogen-bond acceptors (Lipinski definition) is 4. The summed E-state index contributed by atoms with van der Waals surface area (Å²) in [6, 6.07) is 7.21. The first-order chi connectivity index (χ1) is 8.19. The normalized spacial score (nSPS) is 11.1. The lowest BCUT2D eigenvalue weighted by atomic mass is 10.1. The zero-order chi connectivity index (χ0) is 13.3. The minimum absolute atomic E-state index is 0.0127. The predicted molar refractivity (Wildman–Crippen MR) is 74.5 cm³/mol. The van der Waals surface area contributed by atoms with Gasteiger partial charge in [0, 0.05) is 0 Å². The maximum absolute atomic E-state index is 11.3. The van der Waals surface area contributed by atoms with Crippen LogP contribution in [0, 0.1) is 0 Å². The lowest BCUT2D eigenvalue weighted by Gasteiger charge is -2.09. The third-order valence-corrected chi connectivity index (χ3v) is 2.57. The standard InChI is InChI=1S/C11H15NO2S.C2H6/c1-3-14-11(13)9-6-4-8(5-7-9)10(15)12-2;1-2/h4-7,10,12,15H,3H2,1-2H3;1-2H3. The van der Waals surface area contributed by atoms with E-state index in [0.29, 0.717) is 12.2 Å². The van der Waals surface area contributed by atoms with Crippen molar-refractivity contribution in [2.45, 2.75) is 26.1 Å². The molecule has 0 saturated heterocycles. The summed E-state index contributed by atoms with van der Waals surface area (Å²) in [5, 5.41) is 2.99. The lowest BCUT2D eigenvalue weighted by Crippen LogP contribution is -2.10. The highest BCUT2D eigenvalue weighted by Crippen LogP contribution is 2.16. The molecule has 0 bridgehead atoms. The van der Waals surface area contributed by atoms with Gasteiger partial charge in [0.25, 0.3) is 0 Å². The molecule has 1 unspecified atom stereocenters. The van der Waals surface area contributed by atoms with E-state index < -0.39 is 0 Å². The molecular formula is C13H21NO2S. The van der Waals surface area contributed by atoms with Crippen LogP contribution in [0.4, 0.5) is 0 Å². The maximum atomic E-state index is 11.3.